The van der Waals surface area contributed by atoms with Gasteiger partial charge >= 0.3 is 0 Å². The van der Waals surface area contributed by atoms with Crippen LogP contribution in [0.1, 0.15) is 27.0 Å². The third-order valence-corrected chi connectivity index (χ3v) is 3.66. The van der Waals surface area contributed by atoms with E-state index in [0.29, 0.717) is 11.1 Å². The smallest absolute Gasteiger partial charge is 0.185 e. The van der Waals surface area contributed by atoms with Gasteiger partial charge in [-0.1, -0.05) is 28.1 Å². The highest BCUT2D eigenvalue weighted by Crippen LogP contribution is 2.17. The molecule has 20 heavy (non-hydrogen) atoms. The predicted octanol–water partition coefficient (Wildman–Crippen LogP) is 5.10. The van der Waals surface area contributed by atoms with Crippen LogP contribution in [0.5, 0.6) is 0 Å². The Kier molecular flexibility index (Phi) is 4.50. The molecule has 0 aromatic heterocycles. The molecular formula is C17H14BrFO. The molecule has 0 aliphatic rings. The van der Waals surface area contributed by atoms with Gasteiger partial charge in [0.15, 0.2) is 5.78 Å². The normalized spacial score (nSPS) is 11.0. The number of halogens is 2. The number of ketones is 1. The quantitative estimate of drug-likeness (QED) is 0.564. The summed E-state index contributed by atoms with van der Waals surface area (Å²) in [4.78, 5) is 12.1. The second-order valence-electron chi connectivity index (χ2n) is 4.66. The van der Waals surface area contributed by atoms with Crippen LogP contribution < -0.4 is 0 Å². The molecule has 0 fully saturated rings. The van der Waals surface area contributed by atoms with Crippen molar-refractivity contribution in [2.75, 3.05) is 0 Å². The van der Waals surface area contributed by atoms with Gasteiger partial charge in [-0.05, 0) is 61.4 Å². The number of carbonyl (C=O) groups excluding carboxylic acids is 1. The lowest BCUT2D eigenvalue weighted by atomic mass is 10.0. The molecule has 2 aromatic carbocycles. The van der Waals surface area contributed by atoms with Crippen molar-refractivity contribution in [2.24, 2.45) is 0 Å². The Labute approximate surface area is 126 Å². The van der Waals surface area contributed by atoms with Crippen LogP contribution in [0.2, 0.25) is 0 Å². The van der Waals surface area contributed by atoms with Gasteiger partial charge in [-0.3, -0.25) is 4.79 Å². The Bertz CT molecular complexity index is 689. The number of aryl methyl sites for hydroxylation is 2. The zero-order valence-electron chi connectivity index (χ0n) is 11.3. The van der Waals surface area contributed by atoms with Crippen molar-refractivity contribution in [1.82, 2.24) is 0 Å². The van der Waals surface area contributed by atoms with E-state index in [1.807, 2.05) is 26.0 Å². The summed E-state index contributed by atoms with van der Waals surface area (Å²) in [5.74, 6) is -0.482. The molecule has 0 heterocycles. The highest BCUT2D eigenvalue weighted by molar-refractivity contribution is 9.10. The third kappa shape index (κ3) is 3.42. The van der Waals surface area contributed by atoms with Crippen LogP contribution in [0.25, 0.3) is 6.08 Å². The fourth-order valence-electron chi connectivity index (χ4n) is 1.80. The van der Waals surface area contributed by atoms with E-state index in [1.165, 1.54) is 18.2 Å². The van der Waals surface area contributed by atoms with E-state index in [1.54, 1.807) is 18.2 Å². The minimum absolute atomic E-state index is 0.132. The van der Waals surface area contributed by atoms with Crippen molar-refractivity contribution in [3.05, 3.63) is 75.0 Å². The molecule has 3 heteroatoms. The molecule has 0 unspecified atom stereocenters. The van der Waals surface area contributed by atoms with Crippen LogP contribution >= 0.6 is 15.9 Å². The summed E-state index contributed by atoms with van der Waals surface area (Å²) in [5.41, 5.74) is 3.21. The summed E-state index contributed by atoms with van der Waals surface area (Å²) >= 11 is 3.28. The summed E-state index contributed by atoms with van der Waals surface area (Å²) in [5, 5.41) is 0. The second kappa shape index (κ2) is 6.14. The van der Waals surface area contributed by atoms with E-state index in [4.69, 9.17) is 0 Å². The molecule has 0 saturated heterocycles. The molecule has 0 saturated carbocycles. The van der Waals surface area contributed by atoms with Gasteiger partial charge < -0.3 is 0 Å². The van der Waals surface area contributed by atoms with Gasteiger partial charge in [0.25, 0.3) is 0 Å². The summed E-state index contributed by atoms with van der Waals surface area (Å²) in [7, 11) is 0. The molecule has 0 atom stereocenters. The number of hydrogen-bond acceptors (Lipinski definition) is 1. The molecule has 0 N–H and O–H groups in total. The molecule has 1 nitrogen and oxygen atoms in total. The van der Waals surface area contributed by atoms with Crippen LogP contribution in [0.15, 0.2) is 46.9 Å². The van der Waals surface area contributed by atoms with Gasteiger partial charge in [-0.25, -0.2) is 4.39 Å². The maximum Gasteiger partial charge on any atom is 0.185 e. The Morgan fingerprint density at radius 3 is 2.55 bits per heavy atom. The number of carbonyl (C=O) groups is 1. The summed E-state index contributed by atoms with van der Waals surface area (Å²) in [6.07, 6.45) is 2.90. The molecule has 0 amide bonds. The molecule has 102 valence electrons. The van der Waals surface area contributed by atoms with Crippen LogP contribution in [0.4, 0.5) is 4.39 Å². The third-order valence-electron chi connectivity index (χ3n) is 3.16. The first-order valence-electron chi connectivity index (χ1n) is 6.22. The first kappa shape index (κ1) is 14.7. The van der Waals surface area contributed by atoms with Crippen LogP contribution in [0.3, 0.4) is 0 Å². The lowest BCUT2D eigenvalue weighted by Gasteiger charge is -2.02. The van der Waals surface area contributed by atoms with E-state index >= 15 is 0 Å². The standard InChI is InChI=1S/C17H14BrFO/c1-11-3-4-14(9-12(11)2)17(20)8-5-13-10-15(18)6-7-16(13)19/h3-10H,1-2H3/b8-5+. The molecule has 0 radical (unpaired) electrons. The monoisotopic (exact) mass is 332 g/mol. The highest BCUT2D eigenvalue weighted by Gasteiger charge is 2.04. The fourth-order valence-corrected chi connectivity index (χ4v) is 2.18. The van der Waals surface area contributed by atoms with Gasteiger partial charge in [0.2, 0.25) is 0 Å². The minimum Gasteiger partial charge on any atom is -0.289 e. The Balaban J connectivity index is 2.24. The van der Waals surface area contributed by atoms with Gasteiger partial charge in [0, 0.05) is 15.6 Å². The number of benzene rings is 2. The lowest BCUT2D eigenvalue weighted by molar-refractivity contribution is 0.104. The first-order valence-corrected chi connectivity index (χ1v) is 7.01. The molecular weight excluding hydrogens is 319 g/mol. The molecule has 2 rings (SSSR count). The van der Waals surface area contributed by atoms with Gasteiger partial charge in [-0.15, -0.1) is 0 Å². The summed E-state index contributed by atoms with van der Waals surface area (Å²) in [6, 6.07) is 10.2. The van der Waals surface area contributed by atoms with E-state index in [-0.39, 0.29) is 11.6 Å². The molecule has 2 aromatic rings. The number of hydrogen-bond donors (Lipinski definition) is 0. The van der Waals surface area contributed by atoms with Crippen molar-refractivity contribution in [1.29, 1.82) is 0 Å². The maximum absolute atomic E-state index is 13.6. The maximum atomic E-state index is 13.6. The largest absolute Gasteiger partial charge is 0.289 e. The van der Waals surface area contributed by atoms with Crippen LogP contribution in [-0.4, -0.2) is 5.78 Å². The Hall–Kier alpha value is -1.74. The van der Waals surface area contributed by atoms with Crippen molar-refractivity contribution < 1.29 is 9.18 Å². The van der Waals surface area contributed by atoms with E-state index in [9.17, 15) is 9.18 Å². The average molecular weight is 333 g/mol. The number of rotatable bonds is 3. The predicted molar refractivity (Wildman–Crippen MR) is 83.4 cm³/mol. The zero-order valence-corrected chi connectivity index (χ0v) is 12.9. The highest BCUT2D eigenvalue weighted by atomic mass is 79.9. The molecule has 0 bridgehead atoms. The van der Waals surface area contributed by atoms with Crippen molar-refractivity contribution >= 4 is 27.8 Å². The molecule has 0 spiro atoms. The lowest BCUT2D eigenvalue weighted by Crippen LogP contribution is -1.96. The average Bonchev–Trinajstić information content (AvgIpc) is 2.42. The minimum atomic E-state index is -0.350. The molecule has 0 aliphatic heterocycles. The van der Waals surface area contributed by atoms with Crippen molar-refractivity contribution in [3.63, 3.8) is 0 Å². The Morgan fingerprint density at radius 2 is 1.85 bits per heavy atom. The van der Waals surface area contributed by atoms with E-state index in [0.717, 1.165) is 15.6 Å². The first-order chi connectivity index (χ1) is 9.47. The van der Waals surface area contributed by atoms with Gasteiger partial charge in [0.1, 0.15) is 5.82 Å². The SMILES string of the molecule is Cc1ccc(C(=O)/C=C/c2cc(Br)ccc2F)cc1C. The zero-order chi connectivity index (χ0) is 14.7. The fraction of sp³-hybridized carbons (Fsp3) is 0.118. The van der Waals surface area contributed by atoms with Crippen LogP contribution in [0, 0.1) is 19.7 Å². The topological polar surface area (TPSA) is 17.1 Å². The Morgan fingerprint density at radius 1 is 1.10 bits per heavy atom. The van der Waals surface area contributed by atoms with E-state index in [2.05, 4.69) is 15.9 Å². The second-order valence-corrected chi connectivity index (χ2v) is 5.58. The van der Waals surface area contributed by atoms with Crippen LogP contribution in [-0.2, 0) is 0 Å². The summed E-state index contributed by atoms with van der Waals surface area (Å²) < 4.78 is 14.3. The van der Waals surface area contributed by atoms with E-state index < -0.39 is 0 Å². The van der Waals surface area contributed by atoms with Gasteiger partial charge in [0.05, 0.1) is 0 Å². The van der Waals surface area contributed by atoms with Crippen molar-refractivity contribution in [2.45, 2.75) is 13.8 Å². The summed E-state index contributed by atoms with van der Waals surface area (Å²) in [6.45, 7) is 3.96. The molecule has 0 aliphatic carbocycles. The van der Waals surface area contributed by atoms with Crippen molar-refractivity contribution in [3.8, 4) is 0 Å². The number of allylic oxidation sites excluding steroid dienone is 1. The van der Waals surface area contributed by atoms with Gasteiger partial charge in [-0.2, -0.15) is 0 Å².